The van der Waals surface area contributed by atoms with Crippen molar-refractivity contribution in [1.82, 2.24) is 9.29 Å². The Morgan fingerprint density at radius 2 is 2.05 bits per heavy atom. The molecule has 0 aliphatic rings. The first kappa shape index (κ1) is 13.5. The predicted octanol–water partition coefficient (Wildman–Crippen LogP) is 1.88. The van der Waals surface area contributed by atoms with Gasteiger partial charge in [0.25, 0.3) is 0 Å². The van der Waals surface area contributed by atoms with Crippen LogP contribution in [0.4, 0.5) is 0 Å². The van der Waals surface area contributed by atoms with Gasteiger partial charge in [-0.25, -0.2) is 8.42 Å². The van der Waals surface area contributed by atoms with Gasteiger partial charge >= 0.3 is 0 Å². The monoisotopic (exact) mass is 274 g/mol. The summed E-state index contributed by atoms with van der Waals surface area (Å²) in [5.74, 6) is 2.44. The van der Waals surface area contributed by atoms with Gasteiger partial charge in [-0.05, 0) is 12.1 Å². The summed E-state index contributed by atoms with van der Waals surface area (Å²) in [7, 11) is -2.04. The Kier molecular flexibility index (Phi) is 3.84. The normalized spacial score (nSPS) is 11.6. The number of aromatic nitrogens is 1. The molecule has 0 bridgehead atoms. The van der Waals surface area contributed by atoms with E-state index >= 15 is 0 Å². The molecule has 0 spiro atoms. The molecule has 1 aromatic heterocycles. The fourth-order valence-corrected chi connectivity index (χ4v) is 3.13. The van der Waals surface area contributed by atoms with Crippen molar-refractivity contribution >= 4 is 20.9 Å². The lowest BCUT2D eigenvalue weighted by molar-refractivity contribution is 0.477. The molecule has 0 unspecified atom stereocenters. The van der Waals surface area contributed by atoms with E-state index in [2.05, 4.69) is 10.9 Å². The number of hydrogen-bond donors (Lipinski definition) is 0. The fourth-order valence-electron chi connectivity index (χ4n) is 1.79. The van der Waals surface area contributed by atoms with Crippen LogP contribution in [0.1, 0.15) is 6.42 Å². The Morgan fingerprint density at radius 1 is 1.32 bits per heavy atom. The molecule has 2 aromatic rings. The first-order valence-electron chi connectivity index (χ1n) is 5.81. The first-order chi connectivity index (χ1) is 9.07. The van der Waals surface area contributed by atoms with Gasteiger partial charge in [0.05, 0.1) is 5.52 Å². The zero-order valence-electron chi connectivity index (χ0n) is 10.6. The lowest BCUT2D eigenvalue weighted by atomic mass is 10.2. The maximum Gasteiger partial charge on any atom is 0.245 e. The van der Waals surface area contributed by atoms with Gasteiger partial charge in [0.15, 0.2) is 0 Å². The van der Waals surface area contributed by atoms with Crippen LogP contribution in [-0.4, -0.2) is 31.3 Å². The second kappa shape index (κ2) is 5.39. The zero-order chi connectivity index (χ0) is 13.9. The summed E-state index contributed by atoms with van der Waals surface area (Å²) in [6, 6.07) is 8.73. The van der Waals surface area contributed by atoms with E-state index in [4.69, 9.17) is 6.42 Å². The number of rotatable bonds is 4. The average Bonchev–Trinajstić information content (AvgIpc) is 2.43. The molecule has 4 nitrogen and oxygen atoms in total. The van der Waals surface area contributed by atoms with Crippen molar-refractivity contribution < 1.29 is 8.42 Å². The third-order valence-electron chi connectivity index (χ3n) is 2.85. The summed E-state index contributed by atoms with van der Waals surface area (Å²) in [5.41, 5.74) is 0.484. The van der Waals surface area contributed by atoms with Crippen LogP contribution in [0.2, 0.25) is 0 Å². The number of nitrogens with zero attached hydrogens (tertiary/aromatic N) is 2. The number of hydrogen-bond acceptors (Lipinski definition) is 3. The molecular weight excluding hydrogens is 260 g/mol. The van der Waals surface area contributed by atoms with Crippen molar-refractivity contribution in [3.05, 3.63) is 36.5 Å². The lowest BCUT2D eigenvalue weighted by Gasteiger charge is -2.16. The molecule has 0 radical (unpaired) electrons. The van der Waals surface area contributed by atoms with E-state index in [-0.39, 0.29) is 4.90 Å². The van der Waals surface area contributed by atoms with Crippen molar-refractivity contribution in [3.8, 4) is 12.3 Å². The molecule has 0 saturated carbocycles. The van der Waals surface area contributed by atoms with E-state index in [1.807, 2.05) is 12.1 Å². The van der Waals surface area contributed by atoms with Gasteiger partial charge in [-0.1, -0.05) is 18.2 Å². The topological polar surface area (TPSA) is 50.3 Å². The van der Waals surface area contributed by atoms with E-state index in [1.54, 1.807) is 24.4 Å². The predicted molar refractivity (Wildman–Crippen MR) is 75.0 cm³/mol. The van der Waals surface area contributed by atoms with Gasteiger partial charge < -0.3 is 0 Å². The average molecular weight is 274 g/mol. The smallest absolute Gasteiger partial charge is 0.245 e. The number of fused-ring (bicyclic) bond motifs is 1. The third-order valence-corrected chi connectivity index (χ3v) is 4.74. The minimum Gasteiger partial charge on any atom is -0.255 e. The van der Waals surface area contributed by atoms with Crippen molar-refractivity contribution in [1.29, 1.82) is 0 Å². The Hall–Kier alpha value is -1.90. The van der Waals surface area contributed by atoms with Crippen molar-refractivity contribution in [2.75, 3.05) is 13.6 Å². The van der Waals surface area contributed by atoms with Crippen LogP contribution < -0.4 is 0 Å². The minimum absolute atomic E-state index is 0.213. The van der Waals surface area contributed by atoms with Crippen LogP contribution in [0.3, 0.4) is 0 Å². The molecule has 19 heavy (non-hydrogen) atoms. The maximum atomic E-state index is 12.5. The van der Waals surface area contributed by atoms with Gasteiger partial charge in [0, 0.05) is 31.6 Å². The van der Waals surface area contributed by atoms with E-state index in [9.17, 15) is 8.42 Å². The highest BCUT2D eigenvalue weighted by atomic mass is 32.2. The van der Waals surface area contributed by atoms with E-state index < -0.39 is 10.0 Å². The highest BCUT2D eigenvalue weighted by molar-refractivity contribution is 7.89. The number of terminal acetylenes is 1. The lowest BCUT2D eigenvalue weighted by Crippen LogP contribution is -2.28. The number of sulfonamides is 1. The van der Waals surface area contributed by atoms with Gasteiger partial charge in [-0.2, -0.15) is 4.31 Å². The molecule has 1 heterocycles. The zero-order valence-corrected chi connectivity index (χ0v) is 11.4. The summed E-state index contributed by atoms with van der Waals surface area (Å²) < 4.78 is 26.2. The molecule has 5 heteroatoms. The third kappa shape index (κ3) is 2.60. The van der Waals surface area contributed by atoms with Crippen LogP contribution >= 0.6 is 0 Å². The largest absolute Gasteiger partial charge is 0.255 e. The molecule has 0 aliphatic carbocycles. The van der Waals surface area contributed by atoms with Crippen LogP contribution in [0, 0.1) is 12.3 Å². The molecule has 2 rings (SSSR count). The molecule has 0 saturated heterocycles. The van der Waals surface area contributed by atoms with Crippen LogP contribution in [0.15, 0.2) is 41.4 Å². The summed E-state index contributed by atoms with van der Waals surface area (Å²) >= 11 is 0. The van der Waals surface area contributed by atoms with Crippen LogP contribution in [0.5, 0.6) is 0 Å². The van der Waals surface area contributed by atoms with Gasteiger partial charge in [0.2, 0.25) is 10.0 Å². The van der Waals surface area contributed by atoms with Crippen molar-refractivity contribution in [2.45, 2.75) is 11.3 Å². The van der Waals surface area contributed by atoms with Crippen LogP contribution in [0.25, 0.3) is 10.9 Å². The van der Waals surface area contributed by atoms with Gasteiger partial charge in [-0.3, -0.25) is 4.98 Å². The number of para-hydroxylation sites is 1. The summed E-state index contributed by atoms with van der Waals surface area (Å²) in [6.45, 7) is 0.294. The number of benzene rings is 1. The molecule has 0 amide bonds. The standard InChI is InChI=1S/C14H14N2O2S/c1-3-4-11-16(2)19(17,18)13-9-5-7-12-8-6-10-15-14(12)13/h1,5-10H,4,11H2,2H3. The summed E-state index contributed by atoms with van der Waals surface area (Å²) in [4.78, 5) is 4.38. The Balaban J connectivity index is 2.52. The Labute approximate surface area is 113 Å². The SMILES string of the molecule is C#CCCN(C)S(=O)(=O)c1cccc2cccnc12. The second-order valence-electron chi connectivity index (χ2n) is 4.11. The quantitative estimate of drug-likeness (QED) is 0.800. The molecule has 98 valence electrons. The van der Waals surface area contributed by atoms with E-state index in [0.29, 0.717) is 18.5 Å². The minimum atomic E-state index is -3.56. The van der Waals surface area contributed by atoms with Gasteiger partial charge in [-0.15, -0.1) is 12.3 Å². The van der Waals surface area contributed by atoms with Crippen molar-refractivity contribution in [3.63, 3.8) is 0 Å². The summed E-state index contributed by atoms with van der Waals surface area (Å²) in [5, 5.41) is 0.800. The van der Waals surface area contributed by atoms with E-state index in [1.165, 1.54) is 11.4 Å². The molecule has 0 aliphatic heterocycles. The van der Waals surface area contributed by atoms with Crippen LogP contribution in [-0.2, 0) is 10.0 Å². The molecule has 0 fully saturated rings. The maximum absolute atomic E-state index is 12.5. The fraction of sp³-hybridized carbons (Fsp3) is 0.214. The first-order valence-corrected chi connectivity index (χ1v) is 7.25. The second-order valence-corrected chi connectivity index (χ2v) is 6.13. The molecule has 0 atom stereocenters. The van der Waals surface area contributed by atoms with Gasteiger partial charge in [0.1, 0.15) is 4.90 Å². The molecule has 1 aromatic carbocycles. The number of pyridine rings is 1. The Bertz CT molecular complexity index is 727. The highest BCUT2D eigenvalue weighted by Crippen LogP contribution is 2.23. The molecular formula is C14H14N2O2S. The van der Waals surface area contributed by atoms with E-state index in [0.717, 1.165) is 5.39 Å². The highest BCUT2D eigenvalue weighted by Gasteiger charge is 2.22. The van der Waals surface area contributed by atoms with Crippen molar-refractivity contribution in [2.24, 2.45) is 0 Å². The Morgan fingerprint density at radius 3 is 2.79 bits per heavy atom. The molecule has 0 N–H and O–H groups in total. The summed E-state index contributed by atoms with van der Waals surface area (Å²) in [6.07, 6.45) is 7.13.